The van der Waals surface area contributed by atoms with Crippen molar-refractivity contribution in [1.29, 1.82) is 0 Å². The van der Waals surface area contributed by atoms with E-state index in [0.29, 0.717) is 19.1 Å². The summed E-state index contributed by atoms with van der Waals surface area (Å²) in [5.74, 6) is 0.562. The van der Waals surface area contributed by atoms with E-state index in [1.165, 1.54) is 0 Å². The summed E-state index contributed by atoms with van der Waals surface area (Å²) in [6.45, 7) is 1.27. The Kier molecular flexibility index (Phi) is 3.81. The smallest absolute Gasteiger partial charge is 0.225 e. The molecule has 1 aromatic carbocycles. The maximum absolute atomic E-state index is 6.28. The minimum atomic E-state index is -0.0148. The number of nitrogens with one attached hydrogen (secondary N) is 1. The van der Waals surface area contributed by atoms with E-state index in [9.17, 15) is 0 Å². The molecule has 30 heavy (non-hydrogen) atoms. The average Bonchev–Trinajstić information content (AvgIpc) is 3.54. The monoisotopic (exact) mass is 401 g/mol. The lowest BCUT2D eigenvalue weighted by Gasteiger charge is -2.14. The molecule has 1 N–H and O–H groups in total. The Balaban J connectivity index is 1.54. The summed E-state index contributed by atoms with van der Waals surface area (Å²) in [5.41, 5.74) is 5.41. The van der Waals surface area contributed by atoms with Gasteiger partial charge in [-0.15, -0.1) is 0 Å². The second-order valence-corrected chi connectivity index (χ2v) is 7.43. The molecule has 0 bridgehead atoms. The van der Waals surface area contributed by atoms with E-state index in [4.69, 9.17) is 14.5 Å². The van der Waals surface area contributed by atoms with E-state index < -0.39 is 0 Å². The lowest BCUT2D eigenvalue weighted by Crippen LogP contribution is -2.17. The highest BCUT2D eigenvalue weighted by Crippen LogP contribution is 2.35. The largest absolute Gasteiger partial charge is 0.471 e. The second kappa shape index (κ2) is 6.67. The zero-order valence-corrected chi connectivity index (χ0v) is 16.3. The van der Waals surface area contributed by atoms with Crippen molar-refractivity contribution >= 4 is 16.6 Å². The number of fused-ring (bicyclic) bond motifs is 2. The Morgan fingerprint density at radius 3 is 2.90 bits per heavy atom. The van der Waals surface area contributed by atoms with Crippen LogP contribution in [0.3, 0.4) is 0 Å². The molecule has 9 nitrogen and oxygen atoms in total. The van der Waals surface area contributed by atoms with E-state index in [0.717, 1.165) is 45.2 Å². The minimum Gasteiger partial charge on any atom is -0.471 e. The van der Waals surface area contributed by atoms with Gasteiger partial charge in [0.15, 0.2) is 5.65 Å². The van der Waals surface area contributed by atoms with E-state index in [2.05, 4.69) is 26.5 Å². The first-order valence-electron chi connectivity index (χ1n) is 9.80. The number of H-pyrrole nitrogens is 1. The first-order valence-corrected chi connectivity index (χ1v) is 9.80. The van der Waals surface area contributed by atoms with Gasteiger partial charge in [-0.2, -0.15) is 20.3 Å². The molecule has 0 amide bonds. The van der Waals surface area contributed by atoms with Crippen LogP contribution in [0.5, 0.6) is 5.88 Å². The van der Waals surface area contributed by atoms with E-state index in [1.54, 1.807) is 15.4 Å². The molecule has 0 unspecified atom stereocenters. The fourth-order valence-corrected chi connectivity index (χ4v) is 3.90. The highest BCUT2D eigenvalue weighted by atomic mass is 16.5. The van der Waals surface area contributed by atoms with Crippen LogP contribution in [0.2, 0.25) is 0 Å². The van der Waals surface area contributed by atoms with Gasteiger partial charge < -0.3 is 9.47 Å². The summed E-state index contributed by atoms with van der Waals surface area (Å²) in [6.07, 6.45) is 10.2. The summed E-state index contributed by atoms with van der Waals surface area (Å²) < 4.78 is 15.3. The van der Waals surface area contributed by atoms with Crippen LogP contribution >= 0.6 is 0 Å². The molecule has 5 heterocycles. The number of aromatic nitrogens is 7. The molecule has 0 spiro atoms. The van der Waals surface area contributed by atoms with Crippen molar-refractivity contribution in [2.75, 3.05) is 13.2 Å². The number of benzene rings is 1. The van der Waals surface area contributed by atoms with Gasteiger partial charge in [0.2, 0.25) is 5.88 Å². The normalized spacial score (nSPS) is 16.6. The minimum absolute atomic E-state index is 0.0148. The van der Waals surface area contributed by atoms with Crippen LogP contribution in [0.25, 0.3) is 38.8 Å². The fourth-order valence-electron chi connectivity index (χ4n) is 3.90. The topological polar surface area (TPSA) is 95.2 Å². The molecule has 0 aliphatic carbocycles. The van der Waals surface area contributed by atoms with E-state index in [1.807, 2.05) is 44.0 Å². The predicted molar refractivity (Wildman–Crippen MR) is 110 cm³/mol. The third kappa shape index (κ3) is 2.74. The lowest BCUT2D eigenvalue weighted by molar-refractivity contribution is 0.138. The molecule has 1 fully saturated rings. The molecule has 0 saturated carbocycles. The standard InChI is InChI=1S/C21H19N7O2/c1-27-10-13(7-23-27)18-11-28-20(25-21(18)30-14-5-6-29-12-14)17(9-24-28)15-3-2-4-19-16(15)8-22-26-19/h2-4,7-11,14H,5-6,12H2,1H3,(H,22,26)/t14-/m0/s1. The number of hydrogen-bond donors (Lipinski definition) is 1. The fraction of sp³-hybridized carbons (Fsp3) is 0.238. The number of hydrogen-bond acceptors (Lipinski definition) is 6. The Morgan fingerprint density at radius 1 is 1.10 bits per heavy atom. The van der Waals surface area contributed by atoms with Crippen LogP contribution in [-0.4, -0.2) is 53.9 Å². The molecular weight excluding hydrogens is 382 g/mol. The maximum atomic E-state index is 6.28. The predicted octanol–water partition coefficient (Wildman–Crippen LogP) is 2.84. The van der Waals surface area contributed by atoms with Gasteiger partial charge in [0.25, 0.3) is 0 Å². The van der Waals surface area contributed by atoms with Crippen LogP contribution < -0.4 is 4.74 Å². The average molecular weight is 401 g/mol. The molecule has 1 saturated heterocycles. The van der Waals surface area contributed by atoms with Gasteiger partial charge in [0.1, 0.15) is 6.10 Å². The Labute approximate surface area is 171 Å². The molecule has 0 radical (unpaired) electrons. The molecule has 1 aliphatic heterocycles. The van der Waals surface area contributed by atoms with Crippen LogP contribution in [-0.2, 0) is 11.8 Å². The van der Waals surface area contributed by atoms with Gasteiger partial charge in [-0.1, -0.05) is 12.1 Å². The summed E-state index contributed by atoms with van der Waals surface area (Å²) in [5, 5.41) is 17.1. The van der Waals surface area contributed by atoms with E-state index >= 15 is 0 Å². The number of nitrogens with zero attached hydrogens (tertiary/aromatic N) is 6. The van der Waals surface area contributed by atoms with Crippen LogP contribution in [0.15, 0.2) is 49.2 Å². The van der Waals surface area contributed by atoms with Crippen LogP contribution in [0.1, 0.15) is 6.42 Å². The first-order chi connectivity index (χ1) is 14.8. The Hall–Kier alpha value is -3.72. The zero-order chi connectivity index (χ0) is 20.1. The van der Waals surface area contributed by atoms with Crippen LogP contribution in [0.4, 0.5) is 0 Å². The summed E-state index contributed by atoms with van der Waals surface area (Å²) in [7, 11) is 1.89. The molecule has 4 aromatic heterocycles. The molecule has 9 heteroatoms. The van der Waals surface area contributed by atoms with Crippen LogP contribution in [0, 0.1) is 0 Å². The SMILES string of the molecule is Cn1cc(-c2cn3ncc(-c4cccc5[nH]ncc45)c3nc2O[C@H]2CCOC2)cn1. The first kappa shape index (κ1) is 17.2. The highest BCUT2D eigenvalue weighted by Gasteiger charge is 2.23. The van der Waals surface area contributed by atoms with Crippen molar-refractivity contribution < 1.29 is 9.47 Å². The van der Waals surface area contributed by atoms with Crippen molar-refractivity contribution in [2.24, 2.45) is 7.05 Å². The van der Waals surface area contributed by atoms with E-state index in [-0.39, 0.29) is 6.10 Å². The van der Waals surface area contributed by atoms with Gasteiger partial charge >= 0.3 is 0 Å². The van der Waals surface area contributed by atoms with Gasteiger partial charge in [0.05, 0.1) is 42.9 Å². The van der Waals surface area contributed by atoms with Crippen molar-refractivity contribution in [3.8, 4) is 28.1 Å². The molecule has 1 atom stereocenters. The lowest BCUT2D eigenvalue weighted by atomic mass is 10.0. The van der Waals surface area contributed by atoms with Crippen molar-refractivity contribution in [1.82, 2.24) is 34.6 Å². The summed E-state index contributed by atoms with van der Waals surface area (Å²) >= 11 is 0. The van der Waals surface area contributed by atoms with Gasteiger partial charge in [-0.05, 0) is 11.6 Å². The van der Waals surface area contributed by atoms with Crippen molar-refractivity contribution in [3.63, 3.8) is 0 Å². The number of aryl methyl sites for hydroxylation is 1. The third-order valence-corrected chi connectivity index (χ3v) is 5.42. The highest BCUT2D eigenvalue weighted by molar-refractivity contribution is 5.97. The molecule has 1 aliphatic rings. The van der Waals surface area contributed by atoms with Crippen molar-refractivity contribution in [3.05, 3.63) is 49.2 Å². The second-order valence-electron chi connectivity index (χ2n) is 7.43. The number of rotatable bonds is 4. The summed E-state index contributed by atoms with van der Waals surface area (Å²) in [6, 6.07) is 6.05. The Morgan fingerprint density at radius 2 is 2.07 bits per heavy atom. The maximum Gasteiger partial charge on any atom is 0.225 e. The molecular formula is C21H19N7O2. The molecule has 150 valence electrons. The quantitative estimate of drug-likeness (QED) is 0.498. The third-order valence-electron chi connectivity index (χ3n) is 5.42. The van der Waals surface area contributed by atoms with Gasteiger partial charge in [-0.25, -0.2) is 4.52 Å². The number of aromatic amines is 1. The Bertz CT molecular complexity index is 1360. The molecule has 5 aromatic rings. The summed E-state index contributed by atoms with van der Waals surface area (Å²) in [4.78, 5) is 4.91. The van der Waals surface area contributed by atoms with Gasteiger partial charge in [-0.3, -0.25) is 9.78 Å². The molecule has 6 rings (SSSR count). The number of ether oxygens (including phenoxy) is 2. The zero-order valence-electron chi connectivity index (χ0n) is 16.3. The van der Waals surface area contributed by atoms with Gasteiger partial charge in [0, 0.05) is 42.4 Å². The van der Waals surface area contributed by atoms with Crippen molar-refractivity contribution in [2.45, 2.75) is 12.5 Å².